The third-order valence-electron chi connectivity index (χ3n) is 1.36. The third-order valence-corrected chi connectivity index (χ3v) is 1.36. The van der Waals surface area contributed by atoms with Gasteiger partial charge in [0.25, 0.3) is 0 Å². The van der Waals surface area contributed by atoms with Gasteiger partial charge < -0.3 is 0 Å². The van der Waals surface area contributed by atoms with Gasteiger partial charge >= 0.3 is 0 Å². The average Bonchev–Trinajstić information content (AvgIpc) is 2.37. The van der Waals surface area contributed by atoms with Gasteiger partial charge in [0.2, 0.25) is 0 Å². The molecule has 0 saturated carbocycles. The molecule has 0 radical (unpaired) electrons. The summed E-state index contributed by atoms with van der Waals surface area (Å²) in [6.07, 6.45) is 5.01. The zero-order chi connectivity index (χ0) is 8.27. The molecular formula is C8H10N2O. The lowest BCUT2D eigenvalue weighted by molar-refractivity contribution is 0.101. The van der Waals surface area contributed by atoms with Gasteiger partial charge in [0.1, 0.15) is 0 Å². The van der Waals surface area contributed by atoms with Crippen molar-refractivity contribution in [2.24, 2.45) is 0 Å². The Labute approximate surface area is 65.3 Å². The van der Waals surface area contributed by atoms with Crippen molar-refractivity contribution in [2.75, 3.05) is 0 Å². The monoisotopic (exact) mass is 150 g/mol. The fraction of sp³-hybridized carbons (Fsp3) is 0.250. The average molecular weight is 150 g/mol. The molecule has 3 heteroatoms. The van der Waals surface area contributed by atoms with E-state index in [1.165, 1.54) is 6.92 Å². The van der Waals surface area contributed by atoms with E-state index >= 15 is 0 Å². The van der Waals surface area contributed by atoms with Gasteiger partial charge in [-0.05, 0) is 6.92 Å². The molecule has 1 heterocycles. The molecule has 0 amide bonds. The van der Waals surface area contributed by atoms with E-state index in [0.717, 1.165) is 0 Å². The number of Topliss-reactive ketones (excluding diaryl/α,β-unsaturated/α-hetero) is 1. The van der Waals surface area contributed by atoms with Crippen molar-refractivity contribution < 1.29 is 4.79 Å². The minimum absolute atomic E-state index is 0.0420. The molecule has 0 aliphatic carbocycles. The lowest BCUT2D eigenvalue weighted by atomic mass is 10.3. The highest BCUT2D eigenvalue weighted by Gasteiger charge is 2.00. The molecular weight excluding hydrogens is 140 g/mol. The molecule has 0 spiro atoms. The van der Waals surface area contributed by atoms with Gasteiger partial charge in [-0.15, -0.1) is 6.58 Å². The van der Waals surface area contributed by atoms with Gasteiger partial charge in [0, 0.05) is 6.20 Å². The summed E-state index contributed by atoms with van der Waals surface area (Å²) in [6, 6.07) is 0. The van der Waals surface area contributed by atoms with E-state index in [2.05, 4.69) is 11.7 Å². The van der Waals surface area contributed by atoms with Gasteiger partial charge in [-0.1, -0.05) is 6.08 Å². The summed E-state index contributed by atoms with van der Waals surface area (Å²) >= 11 is 0. The van der Waals surface area contributed by atoms with Crippen molar-refractivity contribution in [3.05, 3.63) is 30.6 Å². The second-order valence-electron chi connectivity index (χ2n) is 2.30. The second-order valence-corrected chi connectivity index (χ2v) is 2.30. The zero-order valence-corrected chi connectivity index (χ0v) is 6.45. The predicted molar refractivity (Wildman–Crippen MR) is 42.4 cm³/mol. The number of ketones is 1. The van der Waals surface area contributed by atoms with Crippen LogP contribution in [0.4, 0.5) is 0 Å². The molecule has 0 aliphatic heterocycles. The first-order valence-electron chi connectivity index (χ1n) is 3.38. The molecule has 0 bridgehead atoms. The van der Waals surface area contributed by atoms with Crippen LogP contribution in [0.2, 0.25) is 0 Å². The maximum absolute atomic E-state index is 10.8. The number of allylic oxidation sites excluding steroid dienone is 1. The molecule has 0 fully saturated rings. The summed E-state index contributed by atoms with van der Waals surface area (Å²) < 4.78 is 1.67. The van der Waals surface area contributed by atoms with Crippen LogP contribution in [0, 0.1) is 0 Å². The second kappa shape index (κ2) is 3.14. The summed E-state index contributed by atoms with van der Waals surface area (Å²) in [4.78, 5) is 10.8. The zero-order valence-electron chi connectivity index (χ0n) is 6.45. The Hall–Kier alpha value is -1.38. The molecule has 1 aromatic heterocycles. The molecule has 0 atom stereocenters. The minimum atomic E-state index is 0.0420. The molecule has 0 aliphatic rings. The van der Waals surface area contributed by atoms with Crippen LogP contribution in [-0.4, -0.2) is 15.6 Å². The third kappa shape index (κ3) is 1.77. The van der Waals surface area contributed by atoms with E-state index in [1.54, 1.807) is 23.2 Å². The number of carbonyl (C=O) groups excluding carboxylic acids is 1. The van der Waals surface area contributed by atoms with Crippen molar-refractivity contribution in [1.29, 1.82) is 0 Å². The molecule has 1 aromatic rings. The maximum atomic E-state index is 10.8. The number of rotatable bonds is 3. The minimum Gasteiger partial charge on any atom is -0.294 e. The van der Waals surface area contributed by atoms with E-state index in [9.17, 15) is 4.79 Å². The van der Waals surface area contributed by atoms with E-state index in [1.807, 2.05) is 0 Å². The molecule has 0 saturated heterocycles. The fourth-order valence-corrected chi connectivity index (χ4v) is 0.777. The van der Waals surface area contributed by atoms with E-state index in [4.69, 9.17) is 0 Å². The smallest absolute Gasteiger partial charge is 0.162 e. The molecule has 58 valence electrons. The summed E-state index contributed by atoms with van der Waals surface area (Å²) in [5.74, 6) is 0.0420. The topological polar surface area (TPSA) is 34.9 Å². The Morgan fingerprint density at radius 3 is 3.09 bits per heavy atom. The van der Waals surface area contributed by atoms with Crippen molar-refractivity contribution in [2.45, 2.75) is 13.5 Å². The Morgan fingerprint density at radius 2 is 2.64 bits per heavy atom. The van der Waals surface area contributed by atoms with Crippen LogP contribution in [0.15, 0.2) is 25.0 Å². The highest BCUT2D eigenvalue weighted by Crippen LogP contribution is 1.97. The quantitative estimate of drug-likeness (QED) is 0.480. The maximum Gasteiger partial charge on any atom is 0.162 e. The first-order chi connectivity index (χ1) is 5.24. The van der Waals surface area contributed by atoms with Crippen LogP contribution in [0.1, 0.15) is 17.3 Å². The van der Waals surface area contributed by atoms with Crippen molar-refractivity contribution in [3.8, 4) is 0 Å². The van der Waals surface area contributed by atoms with Crippen LogP contribution in [0.3, 0.4) is 0 Å². The Morgan fingerprint density at radius 1 is 1.91 bits per heavy atom. The van der Waals surface area contributed by atoms with Gasteiger partial charge in [-0.3, -0.25) is 9.48 Å². The first-order valence-corrected chi connectivity index (χ1v) is 3.38. The molecule has 1 rings (SSSR count). The van der Waals surface area contributed by atoms with E-state index < -0.39 is 0 Å². The van der Waals surface area contributed by atoms with Crippen LogP contribution < -0.4 is 0 Å². The Bertz CT molecular complexity index is 275. The van der Waals surface area contributed by atoms with Crippen LogP contribution in [-0.2, 0) is 6.54 Å². The van der Waals surface area contributed by atoms with Crippen LogP contribution in [0.5, 0.6) is 0 Å². The Kier molecular flexibility index (Phi) is 2.21. The van der Waals surface area contributed by atoms with Crippen LogP contribution in [0.25, 0.3) is 0 Å². The molecule has 3 nitrogen and oxygen atoms in total. The van der Waals surface area contributed by atoms with Crippen molar-refractivity contribution in [1.82, 2.24) is 9.78 Å². The number of aromatic nitrogens is 2. The van der Waals surface area contributed by atoms with E-state index in [0.29, 0.717) is 12.1 Å². The lowest BCUT2D eigenvalue weighted by Gasteiger charge is -1.90. The standard InChI is InChI=1S/C8H10N2O/c1-3-4-10-6-8(5-9-10)7(2)11/h3,5-6H,1,4H2,2H3. The number of hydrogen-bond acceptors (Lipinski definition) is 2. The van der Waals surface area contributed by atoms with Crippen molar-refractivity contribution in [3.63, 3.8) is 0 Å². The van der Waals surface area contributed by atoms with Gasteiger partial charge in [0.05, 0.1) is 18.3 Å². The fourth-order valence-electron chi connectivity index (χ4n) is 0.777. The summed E-state index contributed by atoms with van der Waals surface area (Å²) in [6.45, 7) is 5.73. The number of carbonyl (C=O) groups is 1. The van der Waals surface area contributed by atoms with Gasteiger partial charge in [-0.2, -0.15) is 5.10 Å². The lowest BCUT2D eigenvalue weighted by Crippen LogP contribution is -1.94. The van der Waals surface area contributed by atoms with Crippen LogP contribution >= 0.6 is 0 Å². The molecule has 11 heavy (non-hydrogen) atoms. The molecule has 0 N–H and O–H groups in total. The number of nitrogens with zero attached hydrogens (tertiary/aromatic N) is 2. The molecule has 0 unspecified atom stereocenters. The molecule has 0 aromatic carbocycles. The predicted octanol–water partition coefficient (Wildman–Crippen LogP) is 1.27. The first kappa shape index (κ1) is 7.72. The largest absolute Gasteiger partial charge is 0.294 e. The van der Waals surface area contributed by atoms with Gasteiger partial charge in [-0.25, -0.2) is 0 Å². The summed E-state index contributed by atoms with van der Waals surface area (Å²) in [5.41, 5.74) is 0.645. The number of hydrogen-bond donors (Lipinski definition) is 0. The van der Waals surface area contributed by atoms with E-state index in [-0.39, 0.29) is 5.78 Å². The normalized spacial score (nSPS) is 9.55. The summed E-state index contributed by atoms with van der Waals surface area (Å²) in [5, 5.41) is 3.95. The van der Waals surface area contributed by atoms with Gasteiger partial charge in [0.15, 0.2) is 5.78 Å². The highest BCUT2D eigenvalue weighted by molar-refractivity contribution is 5.93. The van der Waals surface area contributed by atoms with Crippen molar-refractivity contribution >= 4 is 5.78 Å². The Balaban J connectivity index is 2.81. The SMILES string of the molecule is C=CCn1cc(C(C)=O)cn1. The highest BCUT2D eigenvalue weighted by atomic mass is 16.1. The summed E-state index contributed by atoms with van der Waals surface area (Å²) in [7, 11) is 0.